The molecule has 0 fully saturated rings. The summed E-state index contributed by atoms with van der Waals surface area (Å²) in [5.41, 5.74) is 2.15. The van der Waals surface area contributed by atoms with Gasteiger partial charge >= 0.3 is 0 Å². The van der Waals surface area contributed by atoms with Crippen molar-refractivity contribution >= 4 is 0 Å². The normalized spacial score (nSPS) is 9.75. The molecule has 2 heterocycles. The second kappa shape index (κ2) is 3.99. The minimum Gasteiger partial charge on any atom is -0.328 e. The molecule has 0 aliphatic heterocycles. The molecule has 0 unspecified atom stereocenters. The number of pyridine rings is 2. The number of hydrogen-bond donors (Lipinski definition) is 1. The first-order chi connectivity index (χ1) is 7.74. The van der Waals surface area contributed by atoms with Crippen LogP contribution in [0.25, 0.3) is 11.1 Å². The summed E-state index contributed by atoms with van der Waals surface area (Å²) in [7, 11) is 0. The van der Waals surface area contributed by atoms with E-state index in [1.807, 2.05) is 13.0 Å². The van der Waals surface area contributed by atoms with E-state index in [-0.39, 0.29) is 11.1 Å². The molecule has 0 aliphatic carbocycles. The van der Waals surface area contributed by atoms with Crippen LogP contribution >= 0.6 is 0 Å². The van der Waals surface area contributed by atoms with Crippen molar-refractivity contribution in [2.75, 3.05) is 0 Å². The zero-order valence-electron chi connectivity index (χ0n) is 8.69. The van der Waals surface area contributed by atoms with Gasteiger partial charge in [0.15, 0.2) is 0 Å². The molecule has 4 nitrogen and oxygen atoms in total. The van der Waals surface area contributed by atoms with Crippen LogP contribution in [-0.2, 0) is 0 Å². The van der Waals surface area contributed by atoms with Crippen molar-refractivity contribution in [2.24, 2.45) is 0 Å². The number of nitrogens with one attached hydrogen (secondary N) is 1. The molecule has 2 aromatic heterocycles. The highest BCUT2D eigenvalue weighted by Crippen LogP contribution is 2.23. The smallest absolute Gasteiger partial charge is 0.266 e. The maximum absolute atomic E-state index is 11.5. The molecule has 0 spiro atoms. The molecule has 0 bridgehead atoms. The second-order valence-electron chi connectivity index (χ2n) is 3.40. The zero-order chi connectivity index (χ0) is 11.5. The van der Waals surface area contributed by atoms with E-state index in [0.29, 0.717) is 5.56 Å². The maximum Gasteiger partial charge on any atom is 0.266 e. The quantitative estimate of drug-likeness (QED) is 0.779. The molecule has 78 valence electrons. The Bertz CT molecular complexity index is 608. The lowest BCUT2D eigenvalue weighted by Crippen LogP contribution is -2.12. The van der Waals surface area contributed by atoms with Crippen LogP contribution in [0.5, 0.6) is 0 Å². The molecule has 0 aromatic carbocycles. The molecule has 0 saturated carbocycles. The lowest BCUT2D eigenvalue weighted by Gasteiger charge is -2.06. The van der Waals surface area contributed by atoms with Crippen LogP contribution in [0.2, 0.25) is 0 Å². The first-order valence-corrected chi connectivity index (χ1v) is 4.77. The average molecular weight is 211 g/mol. The van der Waals surface area contributed by atoms with E-state index in [1.165, 1.54) is 0 Å². The molecule has 0 aliphatic rings. The number of aryl methyl sites for hydroxylation is 1. The Morgan fingerprint density at radius 3 is 2.69 bits per heavy atom. The predicted molar refractivity (Wildman–Crippen MR) is 59.7 cm³/mol. The third-order valence-electron chi connectivity index (χ3n) is 2.37. The number of rotatable bonds is 1. The van der Waals surface area contributed by atoms with Crippen molar-refractivity contribution in [3.8, 4) is 17.2 Å². The molecular weight excluding hydrogens is 202 g/mol. The summed E-state index contributed by atoms with van der Waals surface area (Å²) in [6, 6.07) is 5.50. The highest BCUT2D eigenvalue weighted by molar-refractivity contribution is 5.72. The van der Waals surface area contributed by atoms with Crippen LogP contribution in [0, 0.1) is 18.3 Å². The molecule has 16 heavy (non-hydrogen) atoms. The van der Waals surface area contributed by atoms with E-state index in [9.17, 15) is 4.79 Å². The number of H-pyrrole nitrogens is 1. The summed E-state index contributed by atoms with van der Waals surface area (Å²) in [5.74, 6) is 0. The zero-order valence-corrected chi connectivity index (χ0v) is 8.69. The third-order valence-corrected chi connectivity index (χ3v) is 2.37. The summed E-state index contributed by atoms with van der Waals surface area (Å²) in [5, 5.41) is 9.00. The van der Waals surface area contributed by atoms with Gasteiger partial charge in [-0.25, -0.2) is 0 Å². The molecular formula is C12H9N3O. The molecule has 0 radical (unpaired) electrons. The first-order valence-electron chi connectivity index (χ1n) is 4.77. The Balaban J connectivity index is 2.80. The fourth-order valence-corrected chi connectivity index (χ4v) is 1.63. The fourth-order valence-electron chi connectivity index (χ4n) is 1.63. The number of nitrogens with zero attached hydrogens (tertiary/aromatic N) is 2. The topological polar surface area (TPSA) is 69.5 Å². The van der Waals surface area contributed by atoms with Gasteiger partial charge in [-0.05, 0) is 30.2 Å². The van der Waals surface area contributed by atoms with E-state index in [2.05, 4.69) is 9.97 Å². The van der Waals surface area contributed by atoms with Gasteiger partial charge in [-0.15, -0.1) is 0 Å². The Morgan fingerprint density at radius 1 is 1.38 bits per heavy atom. The first kappa shape index (κ1) is 10.1. The molecule has 2 aromatic rings. The van der Waals surface area contributed by atoms with Crippen molar-refractivity contribution in [1.82, 2.24) is 9.97 Å². The Hall–Kier alpha value is -2.41. The van der Waals surface area contributed by atoms with Gasteiger partial charge in [-0.2, -0.15) is 5.26 Å². The van der Waals surface area contributed by atoms with E-state index in [1.54, 1.807) is 30.7 Å². The molecule has 2 rings (SSSR count). The van der Waals surface area contributed by atoms with Gasteiger partial charge in [-0.3, -0.25) is 9.78 Å². The average Bonchev–Trinajstić information content (AvgIpc) is 2.33. The fraction of sp³-hybridized carbons (Fsp3) is 0.0833. The minimum absolute atomic E-state index is 0.145. The monoisotopic (exact) mass is 211 g/mol. The Kier molecular flexibility index (Phi) is 2.52. The summed E-state index contributed by atoms with van der Waals surface area (Å²) < 4.78 is 0. The summed E-state index contributed by atoms with van der Waals surface area (Å²) >= 11 is 0. The number of hydrogen-bond acceptors (Lipinski definition) is 3. The maximum atomic E-state index is 11.5. The highest BCUT2D eigenvalue weighted by atomic mass is 16.1. The minimum atomic E-state index is -0.361. The lowest BCUT2D eigenvalue weighted by atomic mass is 9.99. The van der Waals surface area contributed by atoms with Gasteiger partial charge in [0.1, 0.15) is 11.6 Å². The van der Waals surface area contributed by atoms with Crippen LogP contribution in [0.15, 0.2) is 35.5 Å². The lowest BCUT2D eigenvalue weighted by molar-refractivity contribution is 1.18. The SMILES string of the molecule is Cc1c[nH]c(=O)c(C#N)c1-c1ccncc1. The second-order valence-corrected chi connectivity index (χ2v) is 3.40. The molecule has 0 amide bonds. The van der Waals surface area contributed by atoms with Crippen LogP contribution in [0.1, 0.15) is 11.1 Å². The van der Waals surface area contributed by atoms with Crippen molar-refractivity contribution in [3.05, 3.63) is 52.2 Å². The van der Waals surface area contributed by atoms with Gasteiger partial charge in [0.2, 0.25) is 0 Å². The van der Waals surface area contributed by atoms with Gasteiger partial charge in [0, 0.05) is 24.2 Å². The van der Waals surface area contributed by atoms with E-state index < -0.39 is 0 Å². The Labute approximate surface area is 92.2 Å². The molecule has 4 heteroatoms. The van der Waals surface area contributed by atoms with Crippen LogP contribution < -0.4 is 5.56 Å². The van der Waals surface area contributed by atoms with Crippen LogP contribution in [0.3, 0.4) is 0 Å². The van der Waals surface area contributed by atoms with Gasteiger partial charge in [0.25, 0.3) is 5.56 Å². The van der Waals surface area contributed by atoms with Crippen molar-refractivity contribution in [3.63, 3.8) is 0 Å². The molecule has 1 N–H and O–H groups in total. The van der Waals surface area contributed by atoms with Gasteiger partial charge in [-0.1, -0.05) is 0 Å². The van der Waals surface area contributed by atoms with Gasteiger partial charge in [0.05, 0.1) is 0 Å². The standard InChI is InChI=1S/C12H9N3O/c1-8-7-15-12(16)10(6-13)11(8)9-2-4-14-5-3-9/h2-5,7H,1H3,(H,15,16). The third kappa shape index (κ3) is 1.59. The van der Waals surface area contributed by atoms with Crippen LogP contribution in [0.4, 0.5) is 0 Å². The van der Waals surface area contributed by atoms with Crippen molar-refractivity contribution < 1.29 is 0 Å². The van der Waals surface area contributed by atoms with Crippen molar-refractivity contribution in [1.29, 1.82) is 5.26 Å². The largest absolute Gasteiger partial charge is 0.328 e. The van der Waals surface area contributed by atoms with Gasteiger partial charge < -0.3 is 4.98 Å². The molecule has 0 saturated heterocycles. The summed E-state index contributed by atoms with van der Waals surface area (Å²) in [6.07, 6.45) is 4.88. The highest BCUT2D eigenvalue weighted by Gasteiger charge is 2.11. The number of aromatic amines is 1. The summed E-state index contributed by atoms with van der Waals surface area (Å²) in [6.45, 7) is 1.85. The number of aromatic nitrogens is 2. The van der Waals surface area contributed by atoms with E-state index >= 15 is 0 Å². The van der Waals surface area contributed by atoms with Crippen molar-refractivity contribution in [2.45, 2.75) is 6.92 Å². The van der Waals surface area contributed by atoms with E-state index in [4.69, 9.17) is 5.26 Å². The molecule has 0 atom stereocenters. The Morgan fingerprint density at radius 2 is 2.06 bits per heavy atom. The van der Waals surface area contributed by atoms with Crippen LogP contribution in [-0.4, -0.2) is 9.97 Å². The predicted octanol–water partition coefficient (Wildman–Crippen LogP) is 1.62. The summed E-state index contributed by atoms with van der Waals surface area (Å²) in [4.78, 5) is 17.9. The number of nitriles is 1. The van der Waals surface area contributed by atoms with E-state index in [0.717, 1.165) is 11.1 Å².